The average Bonchev–Trinajstić information content (AvgIpc) is 2.37. The van der Waals surface area contributed by atoms with E-state index >= 15 is 0 Å². The summed E-state index contributed by atoms with van der Waals surface area (Å²) in [7, 11) is 0. The summed E-state index contributed by atoms with van der Waals surface area (Å²) in [6, 6.07) is 6.38. The SMILES string of the molecule is Cc1nc(-c2ccccc2[N+](=O)[O-])nc(Cl)c1C(C)C. The van der Waals surface area contributed by atoms with Gasteiger partial charge in [0.2, 0.25) is 0 Å². The van der Waals surface area contributed by atoms with Crippen molar-refractivity contribution >= 4 is 17.3 Å². The highest BCUT2D eigenvalue weighted by Gasteiger charge is 2.20. The highest BCUT2D eigenvalue weighted by atomic mass is 35.5. The van der Waals surface area contributed by atoms with Gasteiger partial charge in [0.1, 0.15) is 5.15 Å². The Morgan fingerprint density at radius 3 is 2.45 bits per heavy atom. The third kappa shape index (κ3) is 2.63. The molecule has 0 bridgehead atoms. The lowest BCUT2D eigenvalue weighted by Crippen LogP contribution is -2.03. The van der Waals surface area contributed by atoms with E-state index in [9.17, 15) is 10.1 Å². The maximum Gasteiger partial charge on any atom is 0.280 e. The molecule has 0 N–H and O–H groups in total. The second-order valence-electron chi connectivity index (χ2n) is 4.77. The van der Waals surface area contributed by atoms with Gasteiger partial charge in [-0.05, 0) is 18.9 Å². The van der Waals surface area contributed by atoms with Gasteiger partial charge in [-0.15, -0.1) is 0 Å². The van der Waals surface area contributed by atoms with Crippen LogP contribution >= 0.6 is 11.6 Å². The van der Waals surface area contributed by atoms with Gasteiger partial charge in [0, 0.05) is 17.3 Å². The first-order chi connectivity index (χ1) is 9.41. The van der Waals surface area contributed by atoms with Gasteiger partial charge in [-0.25, -0.2) is 9.97 Å². The minimum atomic E-state index is -0.446. The summed E-state index contributed by atoms with van der Waals surface area (Å²) in [5.74, 6) is 0.478. The van der Waals surface area contributed by atoms with Gasteiger partial charge >= 0.3 is 0 Å². The van der Waals surface area contributed by atoms with Gasteiger partial charge in [0.25, 0.3) is 5.69 Å². The molecule has 0 aliphatic rings. The molecular formula is C14H14ClN3O2. The van der Waals surface area contributed by atoms with E-state index in [0.717, 1.165) is 11.3 Å². The molecule has 0 radical (unpaired) electrons. The number of nitrogens with zero attached hydrogens (tertiary/aromatic N) is 3. The van der Waals surface area contributed by atoms with Crippen LogP contribution in [0.5, 0.6) is 0 Å². The highest BCUT2D eigenvalue weighted by molar-refractivity contribution is 6.30. The van der Waals surface area contributed by atoms with E-state index in [1.165, 1.54) is 6.07 Å². The minimum Gasteiger partial charge on any atom is -0.258 e. The van der Waals surface area contributed by atoms with Crippen molar-refractivity contribution in [3.05, 3.63) is 50.8 Å². The smallest absolute Gasteiger partial charge is 0.258 e. The molecule has 0 fully saturated rings. The van der Waals surface area contributed by atoms with Gasteiger partial charge in [-0.2, -0.15) is 0 Å². The summed E-state index contributed by atoms with van der Waals surface area (Å²) in [5.41, 5.74) is 1.96. The normalized spacial score (nSPS) is 10.8. The number of hydrogen-bond donors (Lipinski definition) is 0. The first kappa shape index (κ1) is 14.4. The third-order valence-electron chi connectivity index (χ3n) is 3.01. The highest BCUT2D eigenvalue weighted by Crippen LogP contribution is 2.31. The molecule has 0 saturated heterocycles. The van der Waals surface area contributed by atoms with Crippen molar-refractivity contribution in [2.24, 2.45) is 0 Å². The number of hydrogen-bond acceptors (Lipinski definition) is 4. The van der Waals surface area contributed by atoms with Crippen molar-refractivity contribution in [2.75, 3.05) is 0 Å². The second-order valence-corrected chi connectivity index (χ2v) is 5.12. The lowest BCUT2D eigenvalue weighted by molar-refractivity contribution is -0.384. The first-order valence-corrected chi connectivity index (χ1v) is 6.57. The molecule has 0 aliphatic carbocycles. The van der Waals surface area contributed by atoms with Crippen LogP contribution in [0, 0.1) is 17.0 Å². The number of aryl methyl sites for hydroxylation is 1. The van der Waals surface area contributed by atoms with E-state index in [4.69, 9.17) is 11.6 Å². The molecule has 2 aromatic rings. The molecule has 0 amide bonds. The summed E-state index contributed by atoms with van der Waals surface area (Å²) in [6.07, 6.45) is 0. The number of halogens is 1. The van der Waals surface area contributed by atoms with E-state index in [1.54, 1.807) is 18.2 Å². The van der Waals surface area contributed by atoms with Crippen LogP contribution in [0.2, 0.25) is 5.15 Å². The van der Waals surface area contributed by atoms with Crippen molar-refractivity contribution in [1.29, 1.82) is 0 Å². The molecule has 0 atom stereocenters. The molecule has 2 rings (SSSR count). The summed E-state index contributed by atoms with van der Waals surface area (Å²) in [4.78, 5) is 19.2. The number of nitro benzene ring substituents is 1. The fourth-order valence-electron chi connectivity index (χ4n) is 2.14. The van der Waals surface area contributed by atoms with Gasteiger partial charge < -0.3 is 0 Å². The monoisotopic (exact) mass is 291 g/mol. The van der Waals surface area contributed by atoms with Crippen LogP contribution in [0.4, 0.5) is 5.69 Å². The van der Waals surface area contributed by atoms with E-state index in [2.05, 4.69) is 9.97 Å². The molecule has 1 aromatic heterocycles. The number of rotatable bonds is 3. The molecule has 0 saturated carbocycles. The third-order valence-corrected chi connectivity index (χ3v) is 3.30. The van der Waals surface area contributed by atoms with E-state index < -0.39 is 4.92 Å². The fourth-order valence-corrected chi connectivity index (χ4v) is 2.58. The number of nitro groups is 1. The molecule has 0 unspecified atom stereocenters. The summed E-state index contributed by atoms with van der Waals surface area (Å²) in [5, 5.41) is 11.4. The summed E-state index contributed by atoms with van der Waals surface area (Å²) >= 11 is 6.19. The zero-order chi connectivity index (χ0) is 14.9. The molecule has 5 nitrogen and oxygen atoms in total. The van der Waals surface area contributed by atoms with Crippen LogP contribution in [-0.2, 0) is 0 Å². The van der Waals surface area contributed by atoms with Crippen LogP contribution in [0.25, 0.3) is 11.4 Å². The topological polar surface area (TPSA) is 68.9 Å². The van der Waals surface area contributed by atoms with Crippen LogP contribution in [0.1, 0.15) is 31.0 Å². The van der Waals surface area contributed by atoms with Gasteiger partial charge in [0.05, 0.1) is 10.5 Å². The lowest BCUT2D eigenvalue weighted by atomic mass is 10.0. The van der Waals surface area contributed by atoms with Crippen molar-refractivity contribution in [1.82, 2.24) is 9.97 Å². The van der Waals surface area contributed by atoms with Crippen molar-refractivity contribution in [2.45, 2.75) is 26.7 Å². The van der Waals surface area contributed by atoms with Gasteiger partial charge in [-0.1, -0.05) is 37.6 Å². The maximum absolute atomic E-state index is 11.1. The van der Waals surface area contributed by atoms with Crippen LogP contribution < -0.4 is 0 Å². The van der Waals surface area contributed by atoms with E-state index in [0.29, 0.717) is 10.7 Å². The fraction of sp³-hybridized carbons (Fsp3) is 0.286. The number of benzene rings is 1. The molecule has 20 heavy (non-hydrogen) atoms. The number of aromatic nitrogens is 2. The van der Waals surface area contributed by atoms with Gasteiger partial charge in [-0.3, -0.25) is 10.1 Å². The Morgan fingerprint density at radius 2 is 1.90 bits per heavy atom. The van der Waals surface area contributed by atoms with Crippen molar-refractivity contribution < 1.29 is 4.92 Å². The molecule has 0 spiro atoms. The van der Waals surface area contributed by atoms with E-state index in [-0.39, 0.29) is 17.4 Å². The Labute approximate surface area is 121 Å². The Kier molecular flexibility index (Phi) is 3.99. The Morgan fingerprint density at radius 1 is 1.25 bits per heavy atom. The predicted octanol–water partition coefficient (Wildman–Crippen LogP) is 4.14. The van der Waals surface area contributed by atoms with Crippen LogP contribution in [0.15, 0.2) is 24.3 Å². The molecular weight excluding hydrogens is 278 g/mol. The zero-order valence-corrected chi connectivity index (χ0v) is 12.2. The first-order valence-electron chi connectivity index (χ1n) is 6.19. The van der Waals surface area contributed by atoms with Crippen LogP contribution in [-0.4, -0.2) is 14.9 Å². The number of para-hydroxylation sites is 1. The zero-order valence-electron chi connectivity index (χ0n) is 11.4. The van der Waals surface area contributed by atoms with Crippen molar-refractivity contribution in [3.8, 4) is 11.4 Å². The maximum atomic E-state index is 11.1. The second kappa shape index (κ2) is 5.54. The molecule has 1 heterocycles. The summed E-state index contributed by atoms with van der Waals surface area (Å²) in [6.45, 7) is 5.84. The molecule has 1 aromatic carbocycles. The quantitative estimate of drug-likeness (QED) is 0.484. The lowest BCUT2D eigenvalue weighted by Gasteiger charge is -2.12. The Balaban J connectivity index is 2.64. The predicted molar refractivity (Wildman–Crippen MR) is 78.0 cm³/mol. The van der Waals surface area contributed by atoms with Crippen molar-refractivity contribution in [3.63, 3.8) is 0 Å². The summed E-state index contributed by atoms with van der Waals surface area (Å²) < 4.78 is 0. The Bertz CT molecular complexity index is 648. The Hall–Kier alpha value is -2.01. The van der Waals surface area contributed by atoms with Crippen LogP contribution in [0.3, 0.4) is 0 Å². The molecule has 104 valence electrons. The standard InChI is InChI=1S/C14H14ClN3O2/c1-8(2)12-9(3)16-14(17-13(12)15)10-6-4-5-7-11(10)18(19)20/h4-8H,1-3H3. The van der Waals surface area contributed by atoms with E-state index in [1.807, 2.05) is 20.8 Å². The largest absolute Gasteiger partial charge is 0.280 e. The molecule has 6 heteroatoms. The average molecular weight is 292 g/mol. The molecule has 0 aliphatic heterocycles. The minimum absolute atomic E-state index is 0.0275. The van der Waals surface area contributed by atoms with Gasteiger partial charge in [0.15, 0.2) is 5.82 Å².